The van der Waals surface area contributed by atoms with E-state index in [-0.39, 0.29) is 11.9 Å². The van der Waals surface area contributed by atoms with E-state index in [2.05, 4.69) is 28.5 Å². The summed E-state index contributed by atoms with van der Waals surface area (Å²) in [6, 6.07) is 9.33. The first kappa shape index (κ1) is 11.6. The van der Waals surface area contributed by atoms with E-state index in [0.717, 1.165) is 17.7 Å². The second-order valence-electron chi connectivity index (χ2n) is 5.49. The summed E-state index contributed by atoms with van der Waals surface area (Å²) in [4.78, 5) is 4.22. The smallest absolute Gasteiger partial charge is 0.123 e. The second-order valence-corrected chi connectivity index (χ2v) is 5.49. The number of hydrogen-bond acceptors (Lipinski definition) is 2. The largest absolute Gasteiger partial charge is 0.378 e. The average molecular weight is 266 g/mol. The lowest BCUT2D eigenvalue weighted by atomic mass is 9.77. The predicted octanol–water partition coefficient (Wildman–Crippen LogP) is 4.05. The Bertz CT molecular complexity index is 666. The number of allylic oxidation sites excluding steroid dienone is 2. The van der Waals surface area contributed by atoms with Crippen LogP contribution in [0.15, 0.2) is 54.9 Å². The number of benzene rings is 1. The number of aromatic nitrogens is 1. The Balaban J connectivity index is 1.80. The van der Waals surface area contributed by atoms with E-state index < -0.39 is 0 Å². The molecule has 0 saturated carbocycles. The minimum absolute atomic E-state index is 0.163. The first-order valence-electron chi connectivity index (χ1n) is 6.95. The number of hydrogen-bond donors (Lipinski definition) is 1. The van der Waals surface area contributed by atoms with Crippen molar-refractivity contribution in [3.8, 4) is 0 Å². The van der Waals surface area contributed by atoms with Crippen LogP contribution < -0.4 is 5.32 Å². The van der Waals surface area contributed by atoms with Gasteiger partial charge in [-0.3, -0.25) is 4.98 Å². The maximum Gasteiger partial charge on any atom is 0.123 e. The number of nitrogens with zero attached hydrogens (tertiary/aromatic N) is 1. The molecule has 4 rings (SSSR count). The Labute approximate surface area is 117 Å². The van der Waals surface area contributed by atoms with Gasteiger partial charge in [0, 0.05) is 24.0 Å². The van der Waals surface area contributed by atoms with E-state index >= 15 is 0 Å². The molecule has 2 aliphatic rings. The van der Waals surface area contributed by atoms with Crippen LogP contribution in [0, 0.1) is 11.7 Å². The van der Waals surface area contributed by atoms with Crippen molar-refractivity contribution in [1.29, 1.82) is 0 Å². The fourth-order valence-electron chi connectivity index (χ4n) is 3.46. The Kier molecular flexibility index (Phi) is 2.59. The van der Waals surface area contributed by atoms with Gasteiger partial charge in [-0.15, -0.1) is 0 Å². The van der Waals surface area contributed by atoms with E-state index in [1.807, 2.05) is 18.3 Å². The van der Waals surface area contributed by atoms with Gasteiger partial charge in [0.05, 0.1) is 6.04 Å². The van der Waals surface area contributed by atoms with Crippen LogP contribution in [-0.4, -0.2) is 4.98 Å². The van der Waals surface area contributed by atoms with E-state index in [4.69, 9.17) is 0 Å². The zero-order valence-corrected chi connectivity index (χ0v) is 11.0. The van der Waals surface area contributed by atoms with Gasteiger partial charge < -0.3 is 5.32 Å². The highest BCUT2D eigenvalue weighted by Gasteiger charge is 2.37. The third-order valence-electron chi connectivity index (χ3n) is 4.37. The molecule has 1 N–H and O–H groups in total. The van der Waals surface area contributed by atoms with E-state index in [1.165, 1.54) is 11.6 Å². The summed E-state index contributed by atoms with van der Waals surface area (Å²) in [5.74, 6) is 0.574. The van der Waals surface area contributed by atoms with Crippen LogP contribution in [0.2, 0.25) is 0 Å². The van der Waals surface area contributed by atoms with Gasteiger partial charge in [0.25, 0.3) is 0 Å². The van der Waals surface area contributed by atoms with Gasteiger partial charge in [0.1, 0.15) is 5.82 Å². The lowest BCUT2D eigenvalue weighted by Crippen LogP contribution is -2.29. The van der Waals surface area contributed by atoms with Crippen LogP contribution in [0.25, 0.3) is 0 Å². The number of anilines is 1. The molecular formula is C17H15FN2. The molecule has 0 spiro atoms. The Hall–Kier alpha value is -2.16. The topological polar surface area (TPSA) is 24.9 Å². The predicted molar refractivity (Wildman–Crippen MR) is 77.0 cm³/mol. The molecule has 3 heteroatoms. The lowest BCUT2D eigenvalue weighted by molar-refractivity contribution is 0.423. The van der Waals surface area contributed by atoms with Crippen molar-refractivity contribution in [1.82, 2.24) is 4.98 Å². The van der Waals surface area contributed by atoms with Gasteiger partial charge in [-0.25, -0.2) is 4.39 Å². The summed E-state index contributed by atoms with van der Waals surface area (Å²) >= 11 is 0. The van der Waals surface area contributed by atoms with Crippen molar-refractivity contribution in [2.75, 3.05) is 5.32 Å². The van der Waals surface area contributed by atoms with Crippen molar-refractivity contribution in [2.45, 2.75) is 18.4 Å². The van der Waals surface area contributed by atoms with Crippen LogP contribution in [0.3, 0.4) is 0 Å². The highest BCUT2D eigenvalue weighted by Crippen LogP contribution is 2.49. The molecule has 0 amide bonds. The van der Waals surface area contributed by atoms with Crippen LogP contribution >= 0.6 is 0 Å². The van der Waals surface area contributed by atoms with Crippen molar-refractivity contribution in [2.24, 2.45) is 5.92 Å². The molecule has 0 saturated heterocycles. The van der Waals surface area contributed by atoms with E-state index in [0.29, 0.717) is 11.8 Å². The standard InChI is InChI=1S/C17H15FN2/c18-12-6-7-16-15(9-12)13-4-1-5-14(13)17(20-16)11-3-2-8-19-10-11/h1-4,6-10,13-14,17,20H,5H2/t13-,14-,17+/m0/s1. The number of nitrogens with one attached hydrogen (secondary N) is 1. The molecule has 1 aromatic heterocycles. The van der Waals surface area contributed by atoms with Crippen molar-refractivity contribution >= 4 is 5.69 Å². The number of rotatable bonds is 1. The minimum atomic E-state index is -0.163. The fourth-order valence-corrected chi connectivity index (χ4v) is 3.46. The number of pyridine rings is 1. The Morgan fingerprint density at radius 3 is 3.05 bits per heavy atom. The van der Waals surface area contributed by atoms with Gasteiger partial charge in [-0.1, -0.05) is 18.2 Å². The maximum absolute atomic E-state index is 13.5. The van der Waals surface area contributed by atoms with Crippen LogP contribution in [0.1, 0.15) is 29.5 Å². The summed E-state index contributed by atoms with van der Waals surface area (Å²) in [6.45, 7) is 0. The molecule has 3 atom stereocenters. The number of halogens is 1. The monoisotopic (exact) mass is 266 g/mol. The zero-order chi connectivity index (χ0) is 13.5. The SMILES string of the molecule is Fc1ccc2c(c1)[C@H]1C=CC[C@@H]1[C@@H](c1cccnc1)N2. The van der Waals surface area contributed by atoms with Crippen molar-refractivity contribution in [3.63, 3.8) is 0 Å². The Morgan fingerprint density at radius 2 is 2.20 bits per heavy atom. The highest BCUT2D eigenvalue weighted by atomic mass is 19.1. The summed E-state index contributed by atoms with van der Waals surface area (Å²) in [6.07, 6.45) is 9.16. The highest BCUT2D eigenvalue weighted by molar-refractivity contribution is 5.59. The zero-order valence-electron chi connectivity index (χ0n) is 11.0. The molecule has 0 bridgehead atoms. The molecule has 2 heterocycles. The molecule has 0 fully saturated rings. The molecule has 1 aliphatic carbocycles. The molecule has 1 aromatic carbocycles. The fraction of sp³-hybridized carbons (Fsp3) is 0.235. The lowest BCUT2D eigenvalue weighted by Gasteiger charge is -2.37. The first-order valence-corrected chi connectivity index (χ1v) is 6.95. The van der Waals surface area contributed by atoms with Crippen molar-refractivity contribution in [3.05, 3.63) is 71.8 Å². The molecule has 20 heavy (non-hydrogen) atoms. The van der Waals surface area contributed by atoms with Crippen LogP contribution in [-0.2, 0) is 0 Å². The Morgan fingerprint density at radius 1 is 1.25 bits per heavy atom. The van der Waals surface area contributed by atoms with Crippen molar-refractivity contribution < 1.29 is 4.39 Å². The number of fused-ring (bicyclic) bond motifs is 3. The normalized spacial score (nSPS) is 26.8. The van der Waals surface area contributed by atoms with Gasteiger partial charge in [-0.05, 0) is 47.7 Å². The summed E-state index contributed by atoms with van der Waals surface area (Å²) in [7, 11) is 0. The molecule has 100 valence electrons. The molecule has 2 nitrogen and oxygen atoms in total. The molecule has 1 aliphatic heterocycles. The van der Waals surface area contributed by atoms with Crippen LogP contribution in [0.4, 0.5) is 10.1 Å². The average Bonchev–Trinajstić information content (AvgIpc) is 2.97. The van der Waals surface area contributed by atoms with Gasteiger partial charge >= 0.3 is 0 Å². The molecule has 0 unspecified atom stereocenters. The quantitative estimate of drug-likeness (QED) is 0.788. The summed E-state index contributed by atoms with van der Waals surface area (Å²) in [5, 5.41) is 3.57. The third-order valence-corrected chi connectivity index (χ3v) is 4.37. The molecule has 0 radical (unpaired) electrons. The minimum Gasteiger partial charge on any atom is -0.378 e. The molecular weight excluding hydrogens is 251 g/mol. The van der Waals surface area contributed by atoms with Gasteiger partial charge in [-0.2, -0.15) is 0 Å². The van der Waals surface area contributed by atoms with E-state index in [9.17, 15) is 4.39 Å². The van der Waals surface area contributed by atoms with Gasteiger partial charge in [0.2, 0.25) is 0 Å². The summed E-state index contributed by atoms with van der Waals surface area (Å²) in [5.41, 5.74) is 3.30. The third kappa shape index (κ3) is 1.73. The molecule has 2 aromatic rings. The summed E-state index contributed by atoms with van der Waals surface area (Å²) < 4.78 is 13.5. The maximum atomic E-state index is 13.5. The van der Waals surface area contributed by atoms with Crippen LogP contribution in [0.5, 0.6) is 0 Å². The van der Waals surface area contributed by atoms with Gasteiger partial charge in [0.15, 0.2) is 0 Å². The first-order chi connectivity index (χ1) is 9.83. The van der Waals surface area contributed by atoms with E-state index in [1.54, 1.807) is 12.3 Å². The second kappa shape index (κ2) is 4.44.